The van der Waals surface area contributed by atoms with Crippen molar-refractivity contribution >= 4 is 16.9 Å². The maximum Gasteiger partial charge on any atom is 0.188 e. The van der Waals surface area contributed by atoms with E-state index in [4.69, 9.17) is 0 Å². The fourth-order valence-electron chi connectivity index (χ4n) is 1.45. The zero-order valence-electron chi connectivity index (χ0n) is 9.14. The Hall–Kier alpha value is 0.0200. The predicted octanol–water partition coefficient (Wildman–Crippen LogP) is 3.87. The van der Waals surface area contributed by atoms with Crippen LogP contribution in [0.5, 0.6) is 0 Å². The molecule has 0 amide bonds. The summed E-state index contributed by atoms with van der Waals surface area (Å²) >= 11 is 1.37. The summed E-state index contributed by atoms with van der Waals surface area (Å²) in [4.78, 5) is 11.2. The van der Waals surface area contributed by atoms with E-state index in [0.29, 0.717) is 11.0 Å². The Morgan fingerprint density at radius 1 is 1.31 bits per heavy atom. The van der Waals surface area contributed by atoms with Gasteiger partial charge >= 0.3 is 0 Å². The lowest BCUT2D eigenvalue weighted by molar-refractivity contribution is -0.111. The number of hydrogen-bond acceptors (Lipinski definition) is 2. The van der Waals surface area contributed by atoms with Gasteiger partial charge in [0.25, 0.3) is 0 Å². The average molecular weight is 202 g/mol. The third-order valence-corrected chi connectivity index (χ3v) is 3.10. The second kappa shape index (κ2) is 8.61. The van der Waals surface area contributed by atoms with Crippen LogP contribution in [0.1, 0.15) is 52.4 Å². The summed E-state index contributed by atoms with van der Waals surface area (Å²) in [5.74, 6) is 0.631. The first-order valence-corrected chi connectivity index (χ1v) is 6.53. The van der Waals surface area contributed by atoms with Gasteiger partial charge in [-0.2, -0.15) is 0 Å². The molecule has 0 fully saturated rings. The fourth-order valence-corrected chi connectivity index (χ4v) is 1.85. The van der Waals surface area contributed by atoms with E-state index in [1.165, 1.54) is 37.4 Å². The Kier molecular flexibility index (Phi) is 8.62. The molecule has 0 aliphatic heterocycles. The molecule has 0 radical (unpaired) electrons. The zero-order chi connectivity index (χ0) is 10.1. The van der Waals surface area contributed by atoms with Crippen LogP contribution in [-0.4, -0.2) is 11.4 Å². The van der Waals surface area contributed by atoms with E-state index in [-0.39, 0.29) is 0 Å². The van der Waals surface area contributed by atoms with Crippen LogP contribution >= 0.6 is 11.8 Å². The van der Waals surface area contributed by atoms with E-state index >= 15 is 0 Å². The molecule has 0 rings (SSSR count). The molecule has 0 aromatic rings. The van der Waals surface area contributed by atoms with Gasteiger partial charge in [0.2, 0.25) is 0 Å². The highest BCUT2D eigenvalue weighted by Gasteiger charge is 2.10. The largest absolute Gasteiger partial charge is 0.287 e. The maximum absolute atomic E-state index is 11.2. The van der Waals surface area contributed by atoms with Crippen molar-refractivity contribution in [2.45, 2.75) is 52.4 Å². The minimum absolute atomic E-state index is 0.350. The van der Waals surface area contributed by atoms with Crippen LogP contribution in [0.15, 0.2) is 0 Å². The number of carbonyl (C=O) groups excluding carboxylic acids is 1. The van der Waals surface area contributed by atoms with Gasteiger partial charge in [0, 0.05) is 6.42 Å². The molecular formula is C11H22OS. The van der Waals surface area contributed by atoms with Crippen LogP contribution in [0.3, 0.4) is 0 Å². The second-order valence-electron chi connectivity index (χ2n) is 3.55. The fraction of sp³-hybridized carbons (Fsp3) is 0.909. The quantitative estimate of drug-likeness (QED) is 0.583. The lowest BCUT2D eigenvalue weighted by atomic mass is 9.96. The third-order valence-electron chi connectivity index (χ3n) is 2.48. The van der Waals surface area contributed by atoms with Crippen LogP contribution in [0, 0.1) is 5.92 Å². The normalized spacial score (nSPS) is 12.8. The predicted molar refractivity (Wildman–Crippen MR) is 61.1 cm³/mol. The third kappa shape index (κ3) is 7.12. The van der Waals surface area contributed by atoms with Gasteiger partial charge in [-0.25, -0.2) is 0 Å². The molecule has 2 heteroatoms. The minimum Gasteiger partial charge on any atom is -0.287 e. The summed E-state index contributed by atoms with van der Waals surface area (Å²) < 4.78 is 0. The smallest absolute Gasteiger partial charge is 0.188 e. The molecule has 78 valence electrons. The van der Waals surface area contributed by atoms with E-state index < -0.39 is 0 Å². The van der Waals surface area contributed by atoms with Crippen molar-refractivity contribution in [1.29, 1.82) is 0 Å². The molecule has 0 aromatic heterocycles. The summed E-state index contributed by atoms with van der Waals surface area (Å²) in [5.41, 5.74) is 0. The molecule has 0 aliphatic carbocycles. The van der Waals surface area contributed by atoms with Crippen molar-refractivity contribution in [3.8, 4) is 0 Å². The summed E-state index contributed by atoms with van der Waals surface area (Å²) in [6.45, 7) is 4.40. The van der Waals surface area contributed by atoms with Crippen molar-refractivity contribution in [1.82, 2.24) is 0 Å². The summed E-state index contributed by atoms with van der Waals surface area (Å²) in [6.07, 6.45) is 8.91. The zero-order valence-corrected chi connectivity index (χ0v) is 9.95. The second-order valence-corrected chi connectivity index (χ2v) is 4.41. The Bertz CT molecular complexity index is 134. The first-order chi connectivity index (χ1) is 6.24. The van der Waals surface area contributed by atoms with Crippen molar-refractivity contribution in [2.24, 2.45) is 5.92 Å². The van der Waals surface area contributed by atoms with Gasteiger partial charge < -0.3 is 0 Å². The first kappa shape index (κ1) is 13.0. The number of carbonyl (C=O) groups is 1. The molecule has 0 saturated carbocycles. The minimum atomic E-state index is 0.350. The Labute approximate surface area is 86.7 Å². The summed E-state index contributed by atoms with van der Waals surface area (Å²) in [6, 6.07) is 0. The molecule has 0 unspecified atom stereocenters. The van der Waals surface area contributed by atoms with E-state index in [9.17, 15) is 4.79 Å². The Balaban J connectivity index is 3.56. The van der Waals surface area contributed by atoms with Crippen LogP contribution < -0.4 is 0 Å². The molecule has 13 heavy (non-hydrogen) atoms. The first-order valence-electron chi connectivity index (χ1n) is 5.31. The van der Waals surface area contributed by atoms with Gasteiger partial charge in [0.1, 0.15) is 0 Å². The van der Waals surface area contributed by atoms with Crippen molar-refractivity contribution in [3.63, 3.8) is 0 Å². The highest BCUT2D eigenvalue weighted by Crippen LogP contribution is 2.19. The van der Waals surface area contributed by atoms with Gasteiger partial charge in [0.05, 0.1) is 0 Å². The number of hydrogen-bond donors (Lipinski definition) is 0. The lowest BCUT2D eigenvalue weighted by Gasteiger charge is -2.12. The van der Waals surface area contributed by atoms with E-state index in [1.54, 1.807) is 0 Å². The molecule has 1 atom stereocenters. The van der Waals surface area contributed by atoms with Crippen LogP contribution in [0.4, 0.5) is 0 Å². The van der Waals surface area contributed by atoms with E-state index in [1.807, 2.05) is 6.26 Å². The molecule has 0 heterocycles. The van der Waals surface area contributed by atoms with Gasteiger partial charge in [0.15, 0.2) is 5.12 Å². The molecule has 0 spiro atoms. The summed E-state index contributed by atoms with van der Waals surface area (Å²) in [5, 5.41) is 0.350. The van der Waals surface area contributed by atoms with Gasteiger partial charge in [-0.15, -0.1) is 0 Å². The topological polar surface area (TPSA) is 17.1 Å². The van der Waals surface area contributed by atoms with Crippen LogP contribution in [0.2, 0.25) is 0 Å². The SMILES string of the molecule is CCCCC[C@H](CC)CC(=O)SC. The lowest BCUT2D eigenvalue weighted by Crippen LogP contribution is -2.04. The van der Waals surface area contributed by atoms with E-state index in [0.717, 1.165) is 12.8 Å². The molecule has 0 bridgehead atoms. The molecule has 0 aliphatic rings. The van der Waals surface area contributed by atoms with Gasteiger partial charge in [-0.05, 0) is 12.2 Å². The molecule has 0 N–H and O–H groups in total. The molecule has 0 saturated heterocycles. The number of thioether (sulfide) groups is 1. The maximum atomic E-state index is 11.2. The van der Waals surface area contributed by atoms with Crippen LogP contribution in [0.25, 0.3) is 0 Å². The monoisotopic (exact) mass is 202 g/mol. The molecule has 0 aromatic carbocycles. The molecule has 1 nitrogen and oxygen atoms in total. The van der Waals surface area contributed by atoms with Gasteiger partial charge in [-0.1, -0.05) is 57.7 Å². The Morgan fingerprint density at radius 2 is 2.00 bits per heavy atom. The number of unbranched alkanes of at least 4 members (excludes halogenated alkanes) is 2. The van der Waals surface area contributed by atoms with E-state index in [2.05, 4.69) is 13.8 Å². The highest BCUT2D eigenvalue weighted by molar-refractivity contribution is 8.13. The van der Waals surface area contributed by atoms with Crippen LogP contribution in [-0.2, 0) is 4.79 Å². The van der Waals surface area contributed by atoms with Crippen molar-refractivity contribution < 1.29 is 4.79 Å². The highest BCUT2D eigenvalue weighted by atomic mass is 32.2. The summed E-state index contributed by atoms with van der Waals surface area (Å²) in [7, 11) is 0. The van der Waals surface area contributed by atoms with Gasteiger partial charge in [-0.3, -0.25) is 4.79 Å². The average Bonchev–Trinajstić information content (AvgIpc) is 2.16. The molecular weight excluding hydrogens is 180 g/mol. The number of rotatable bonds is 7. The Morgan fingerprint density at radius 3 is 2.46 bits per heavy atom. The standard InChI is InChI=1S/C11H22OS/c1-4-6-7-8-10(5-2)9-11(12)13-3/h10H,4-9H2,1-3H3/t10-/m0/s1. The van der Waals surface area contributed by atoms with Crippen molar-refractivity contribution in [2.75, 3.05) is 6.26 Å². The van der Waals surface area contributed by atoms with Crippen molar-refractivity contribution in [3.05, 3.63) is 0 Å².